The molecule has 11 heteroatoms. The van der Waals surface area contributed by atoms with Gasteiger partial charge < -0.3 is 37.3 Å². The smallest absolute Gasteiger partial charge is 0.326 e. The first kappa shape index (κ1) is 21.5. The normalized spacial score (nSPS) is 14.3. The van der Waals surface area contributed by atoms with E-state index in [9.17, 15) is 24.6 Å². The lowest BCUT2D eigenvalue weighted by Gasteiger charge is -2.21. The first-order valence-electron chi connectivity index (χ1n) is 8.26. The Hall–Kier alpha value is -2.50. The standard InChI is InChI=1S/C15H26N6O5/c16-4-2-1-3-10(17)13(23)21-12(7-22)14(24)20-11(15(25)26)5-9-6-18-8-19-9/h6,8,10-12,22H,1-5,7,16-17H2,(H,18,19)(H,20,24)(H,21,23)(H,25,26). The number of carboxylic acid groups (broad SMARTS) is 1. The van der Waals surface area contributed by atoms with Gasteiger partial charge in [-0.05, 0) is 19.4 Å². The van der Waals surface area contributed by atoms with Crippen molar-refractivity contribution in [2.75, 3.05) is 13.2 Å². The van der Waals surface area contributed by atoms with Crippen LogP contribution in [0.5, 0.6) is 0 Å². The number of imidazole rings is 1. The third kappa shape index (κ3) is 7.17. The van der Waals surface area contributed by atoms with E-state index in [1.54, 1.807) is 0 Å². The number of nitrogens with one attached hydrogen (secondary N) is 3. The van der Waals surface area contributed by atoms with Crippen LogP contribution in [-0.4, -0.2) is 69.2 Å². The largest absolute Gasteiger partial charge is 0.480 e. The second kappa shape index (κ2) is 11.2. The maximum Gasteiger partial charge on any atom is 0.326 e. The van der Waals surface area contributed by atoms with Crippen molar-refractivity contribution in [1.29, 1.82) is 0 Å². The second-order valence-electron chi connectivity index (χ2n) is 5.82. The highest BCUT2D eigenvalue weighted by Crippen LogP contribution is 2.01. The van der Waals surface area contributed by atoms with E-state index < -0.39 is 42.5 Å². The van der Waals surface area contributed by atoms with Crippen LogP contribution in [0, 0.1) is 0 Å². The quantitative estimate of drug-likeness (QED) is 0.195. The molecule has 146 valence electrons. The Kier molecular flexibility index (Phi) is 9.26. The Morgan fingerprint density at radius 3 is 2.42 bits per heavy atom. The van der Waals surface area contributed by atoms with Crippen molar-refractivity contribution >= 4 is 17.8 Å². The van der Waals surface area contributed by atoms with E-state index >= 15 is 0 Å². The molecule has 3 unspecified atom stereocenters. The number of aromatic amines is 1. The molecule has 1 rings (SSSR count). The lowest BCUT2D eigenvalue weighted by atomic mass is 10.1. The molecule has 11 nitrogen and oxygen atoms in total. The summed E-state index contributed by atoms with van der Waals surface area (Å²) in [6, 6.07) is -3.39. The molecule has 0 aliphatic heterocycles. The van der Waals surface area contributed by atoms with Crippen molar-refractivity contribution in [1.82, 2.24) is 20.6 Å². The van der Waals surface area contributed by atoms with E-state index in [2.05, 4.69) is 20.6 Å². The zero-order valence-electron chi connectivity index (χ0n) is 14.4. The van der Waals surface area contributed by atoms with Crippen molar-refractivity contribution in [3.8, 4) is 0 Å². The molecule has 0 saturated carbocycles. The number of nitrogens with zero attached hydrogens (tertiary/aromatic N) is 1. The van der Waals surface area contributed by atoms with E-state index in [4.69, 9.17) is 11.5 Å². The average molecular weight is 370 g/mol. The molecule has 0 aromatic carbocycles. The van der Waals surface area contributed by atoms with Crippen molar-refractivity contribution < 1.29 is 24.6 Å². The molecule has 0 aliphatic carbocycles. The van der Waals surface area contributed by atoms with Crippen LogP contribution in [0.4, 0.5) is 0 Å². The van der Waals surface area contributed by atoms with E-state index in [-0.39, 0.29) is 6.42 Å². The molecule has 9 N–H and O–H groups in total. The number of nitrogens with two attached hydrogens (primary N) is 2. The van der Waals surface area contributed by atoms with E-state index in [0.29, 0.717) is 25.1 Å². The summed E-state index contributed by atoms with van der Waals surface area (Å²) in [4.78, 5) is 42.0. The highest BCUT2D eigenvalue weighted by molar-refractivity contribution is 5.91. The summed E-state index contributed by atoms with van der Waals surface area (Å²) < 4.78 is 0. The van der Waals surface area contributed by atoms with Crippen LogP contribution in [0.25, 0.3) is 0 Å². The zero-order valence-corrected chi connectivity index (χ0v) is 14.4. The topological polar surface area (TPSA) is 196 Å². The van der Waals surface area contributed by atoms with Gasteiger partial charge in [-0.1, -0.05) is 6.42 Å². The minimum absolute atomic E-state index is 0.0221. The number of hydrogen-bond acceptors (Lipinski definition) is 7. The first-order valence-corrected chi connectivity index (χ1v) is 8.26. The number of hydrogen-bond donors (Lipinski definition) is 7. The third-order valence-corrected chi connectivity index (χ3v) is 3.72. The van der Waals surface area contributed by atoms with Crippen LogP contribution in [0.2, 0.25) is 0 Å². The van der Waals surface area contributed by atoms with Gasteiger partial charge in [0.15, 0.2) is 0 Å². The highest BCUT2D eigenvalue weighted by atomic mass is 16.4. The molecule has 0 spiro atoms. The van der Waals surface area contributed by atoms with Crippen LogP contribution >= 0.6 is 0 Å². The molecular weight excluding hydrogens is 344 g/mol. The Bertz CT molecular complexity index is 579. The summed E-state index contributed by atoms with van der Waals surface area (Å²) in [5.74, 6) is -2.67. The summed E-state index contributed by atoms with van der Waals surface area (Å²) in [5.41, 5.74) is 11.6. The van der Waals surface area contributed by atoms with Crippen molar-refractivity contribution in [3.05, 3.63) is 18.2 Å². The number of aromatic nitrogens is 2. The molecule has 0 radical (unpaired) electrons. The predicted molar refractivity (Wildman–Crippen MR) is 91.8 cm³/mol. The van der Waals surface area contributed by atoms with Crippen LogP contribution in [0.1, 0.15) is 25.0 Å². The van der Waals surface area contributed by atoms with Gasteiger partial charge in [0.2, 0.25) is 11.8 Å². The molecule has 0 fully saturated rings. The maximum atomic E-state index is 12.2. The number of H-pyrrole nitrogens is 1. The zero-order chi connectivity index (χ0) is 19.5. The number of aliphatic carboxylic acids is 1. The predicted octanol–water partition coefficient (Wildman–Crippen LogP) is -2.54. The molecule has 2 amide bonds. The number of carbonyl (C=O) groups excluding carboxylic acids is 2. The fourth-order valence-electron chi connectivity index (χ4n) is 2.20. The fraction of sp³-hybridized carbons (Fsp3) is 0.600. The number of aliphatic hydroxyl groups is 1. The van der Waals surface area contributed by atoms with Crippen molar-refractivity contribution in [2.24, 2.45) is 11.5 Å². The lowest BCUT2D eigenvalue weighted by molar-refractivity contribution is -0.142. The van der Waals surface area contributed by atoms with Gasteiger partial charge in [-0.2, -0.15) is 0 Å². The van der Waals surface area contributed by atoms with Gasteiger partial charge in [0.25, 0.3) is 0 Å². The van der Waals surface area contributed by atoms with Gasteiger partial charge in [0.1, 0.15) is 12.1 Å². The van der Waals surface area contributed by atoms with Gasteiger partial charge in [0.05, 0.1) is 19.0 Å². The number of amides is 2. The monoisotopic (exact) mass is 370 g/mol. The van der Waals surface area contributed by atoms with E-state index in [1.807, 2.05) is 0 Å². The molecule has 1 heterocycles. The molecule has 0 bridgehead atoms. The van der Waals surface area contributed by atoms with Crippen LogP contribution in [0.3, 0.4) is 0 Å². The summed E-state index contributed by atoms with van der Waals surface area (Å²) in [6.07, 6.45) is 4.57. The number of carbonyl (C=O) groups is 3. The number of carboxylic acids is 1. The minimum Gasteiger partial charge on any atom is -0.480 e. The Morgan fingerprint density at radius 1 is 1.19 bits per heavy atom. The molecule has 26 heavy (non-hydrogen) atoms. The van der Waals surface area contributed by atoms with Gasteiger partial charge in [-0.15, -0.1) is 0 Å². The number of unbranched alkanes of at least 4 members (excludes halogenated alkanes) is 1. The molecule has 1 aromatic rings. The van der Waals surface area contributed by atoms with Gasteiger partial charge in [0, 0.05) is 18.3 Å². The summed E-state index contributed by atoms with van der Waals surface area (Å²) in [7, 11) is 0. The van der Waals surface area contributed by atoms with Crippen molar-refractivity contribution in [2.45, 2.75) is 43.8 Å². The highest BCUT2D eigenvalue weighted by Gasteiger charge is 2.27. The number of aliphatic hydroxyl groups excluding tert-OH is 1. The second-order valence-corrected chi connectivity index (χ2v) is 5.82. The Balaban J connectivity index is 2.59. The van der Waals surface area contributed by atoms with E-state index in [0.717, 1.165) is 6.42 Å². The molecular formula is C15H26N6O5. The summed E-state index contributed by atoms with van der Waals surface area (Å²) >= 11 is 0. The van der Waals surface area contributed by atoms with Crippen LogP contribution in [0.15, 0.2) is 12.5 Å². The van der Waals surface area contributed by atoms with Gasteiger partial charge in [-0.25, -0.2) is 9.78 Å². The van der Waals surface area contributed by atoms with Crippen LogP contribution < -0.4 is 22.1 Å². The van der Waals surface area contributed by atoms with Crippen LogP contribution in [-0.2, 0) is 20.8 Å². The number of rotatable bonds is 12. The van der Waals surface area contributed by atoms with Gasteiger partial charge >= 0.3 is 5.97 Å². The van der Waals surface area contributed by atoms with Gasteiger partial charge in [-0.3, -0.25) is 9.59 Å². The SMILES string of the molecule is NCCCCC(N)C(=O)NC(CO)C(=O)NC(Cc1cnc[nH]1)C(=O)O. The molecule has 0 aliphatic rings. The molecule has 1 aromatic heterocycles. The van der Waals surface area contributed by atoms with Crippen molar-refractivity contribution in [3.63, 3.8) is 0 Å². The maximum absolute atomic E-state index is 12.2. The summed E-state index contributed by atoms with van der Waals surface area (Å²) in [5, 5.41) is 23.2. The average Bonchev–Trinajstić information content (AvgIpc) is 3.11. The first-order chi connectivity index (χ1) is 12.4. The summed E-state index contributed by atoms with van der Waals surface area (Å²) in [6.45, 7) is -0.202. The Morgan fingerprint density at radius 2 is 1.88 bits per heavy atom. The molecule has 0 saturated heterocycles. The lowest BCUT2D eigenvalue weighted by Crippen LogP contribution is -2.56. The minimum atomic E-state index is -1.30. The fourth-order valence-corrected chi connectivity index (χ4v) is 2.20. The third-order valence-electron chi connectivity index (χ3n) is 3.72. The molecule has 3 atom stereocenters. The Labute approximate surface area is 150 Å². The van der Waals surface area contributed by atoms with E-state index in [1.165, 1.54) is 12.5 Å².